The summed E-state index contributed by atoms with van der Waals surface area (Å²) < 4.78 is 30.7. The lowest BCUT2D eigenvalue weighted by atomic mass is 10.1. The van der Waals surface area contributed by atoms with Gasteiger partial charge in [-0.05, 0) is 36.2 Å². The van der Waals surface area contributed by atoms with Gasteiger partial charge in [0, 0.05) is 28.8 Å². The van der Waals surface area contributed by atoms with Crippen LogP contribution in [0.4, 0.5) is 8.78 Å². The zero-order valence-electron chi connectivity index (χ0n) is 21.5. The molecular weight excluding hydrogens is 540 g/mol. The molecule has 0 aliphatic carbocycles. The molecule has 0 saturated heterocycles. The number of carbonyl (C=O) groups is 1. The van der Waals surface area contributed by atoms with Gasteiger partial charge in [0.25, 0.3) is 5.56 Å². The standard InChI is InChI=1S/C30H28ClF2N3O4/c31-25-12-5-4-11-22(25)24-18-35(17-23-21(16-32)10-6-13-26(23)33)30(40)36(29(24)39)19-27(20-8-2-1-3-9-20)34-15-7-14-28(37)38/h1-6,8-13,18,27,34H,7,14-17,19H2,(H,37,38)/t27-/m0/s1. The summed E-state index contributed by atoms with van der Waals surface area (Å²) in [6.45, 7) is -0.992. The van der Waals surface area contributed by atoms with Crippen LogP contribution in [0, 0.1) is 5.82 Å². The van der Waals surface area contributed by atoms with Crippen LogP contribution < -0.4 is 16.6 Å². The zero-order valence-corrected chi connectivity index (χ0v) is 22.3. The van der Waals surface area contributed by atoms with Crippen molar-refractivity contribution in [3.8, 4) is 11.1 Å². The molecule has 7 nitrogen and oxygen atoms in total. The van der Waals surface area contributed by atoms with Gasteiger partial charge < -0.3 is 10.4 Å². The Labute approximate surface area is 234 Å². The third-order valence-corrected chi connectivity index (χ3v) is 6.94. The van der Waals surface area contributed by atoms with E-state index in [4.69, 9.17) is 16.7 Å². The van der Waals surface area contributed by atoms with Gasteiger partial charge in [-0.3, -0.25) is 18.7 Å². The van der Waals surface area contributed by atoms with Crippen molar-refractivity contribution in [2.45, 2.75) is 38.6 Å². The van der Waals surface area contributed by atoms with Crippen molar-refractivity contribution in [2.24, 2.45) is 0 Å². The molecule has 1 aromatic heterocycles. The van der Waals surface area contributed by atoms with Crippen LogP contribution in [0.15, 0.2) is 88.6 Å². The molecule has 3 aromatic carbocycles. The maximum Gasteiger partial charge on any atom is 0.331 e. The Hall–Kier alpha value is -4.08. The second-order valence-electron chi connectivity index (χ2n) is 9.27. The summed E-state index contributed by atoms with van der Waals surface area (Å²) in [6, 6.07) is 19.3. The van der Waals surface area contributed by atoms with Gasteiger partial charge in [0.05, 0.1) is 24.7 Å². The maximum atomic E-state index is 14.8. The Morgan fingerprint density at radius 1 is 0.975 bits per heavy atom. The molecule has 4 aromatic rings. The number of benzene rings is 3. The van der Waals surface area contributed by atoms with E-state index in [9.17, 15) is 23.2 Å². The minimum atomic E-state index is -0.926. The highest BCUT2D eigenvalue weighted by atomic mass is 35.5. The molecule has 0 bridgehead atoms. The maximum absolute atomic E-state index is 14.8. The first-order chi connectivity index (χ1) is 19.3. The molecule has 0 amide bonds. The molecule has 0 unspecified atom stereocenters. The fourth-order valence-electron chi connectivity index (χ4n) is 4.54. The van der Waals surface area contributed by atoms with E-state index < -0.39 is 35.8 Å². The van der Waals surface area contributed by atoms with Gasteiger partial charge in [0.2, 0.25) is 0 Å². The van der Waals surface area contributed by atoms with Crippen LogP contribution in [0.3, 0.4) is 0 Å². The van der Waals surface area contributed by atoms with Crippen LogP contribution in [0.25, 0.3) is 11.1 Å². The van der Waals surface area contributed by atoms with E-state index in [1.807, 2.05) is 30.3 Å². The molecule has 40 heavy (non-hydrogen) atoms. The van der Waals surface area contributed by atoms with Crippen molar-refractivity contribution in [3.63, 3.8) is 0 Å². The van der Waals surface area contributed by atoms with E-state index in [0.29, 0.717) is 18.5 Å². The minimum absolute atomic E-state index is 0.00816. The molecular formula is C30H28ClF2N3O4. The molecule has 0 fully saturated rings. The van der Waals surface area contributed by atoms with Gasteiger partial charge in [0.15, 0.2) is 0 Å². The topological polar surface area (TPSA) is 93.3 Å². The van der Waals surface area contributed by atoms with Crippen LogP contribution in [-0.2, 0) is 24.6 Å². The van der Waals surface area contributed by atoms with Crippen molar-refractivity contribution in [3.05, 3.63) is 127 Å². The van der Waals surface area contributed by atoms with Crippen molar-refractivity contribution in [2.75, 3.05) is 6.54 Å². The number of carboxylic acids is 1. The SMILES string of the molecule is O=C(O)CCCN[C@@H](Cn1c(=O)c(-c2ccccc2Cl)cn(Cc2c(F)cccc2CF)c1=O)c1ccccc1. The first kappa shape index (κ1) is 28.9. The first-order valence-electron chi connectivity index (χ1n) is 12.7. The number of carboxylic acid groups (broad SMARTS) is 1. The van der Waals surface area contributed by atoms with E-state index in [0.717, 1.165) is 10.1 Å². The Balaban J connectivity index is 1.83. The third-order valence-electron chi connectivity index (χ3n) is 6.61. The summed E-state index contributed by atoms with van der Waals surface area (Å²) in [5, 5.41) is 12.5. The average molecular weight is 568 g/mol. The predicted octanol–water partition coefficient (Wildman–Crippen LogP) is 5.18. The van der Waals surface area contributed by atoms with Crippen LogP contribution >= 0.6 is 11.6 Å². The third kappa shape index (κ3) is 6.73. The Morgan fingerprint density at radius 3 is 2.40 bits per heavy atom. The van der Waals surface area contributed by atoms with E-state index in [1.165, 1.54) is 29.0 Å². The average Bonchev–Trinajstić information content (AvgIpc) is 2.95. The normalized spacial score (nSPS) is 11.9. The van der Waals surface area contributed by atoms with Crippen molar-refractivity contribution >= 4 is 17.6 Å². The number of hydrogen-bond donors (Lipinski definition) is 2. The lowest BCUT2D eigenvalue weighted by Crippen LogP contribution is -2.43. The van der Waals surface area contributed by atoms with Crippen LogP contribution in [0.5, 0.6) is 0 Å². The fraction of sp³-hybridized carbons (Fsp3) is 0.233. The smallest absolute Gasteiger partial charge is 0.331 e. The molecule has 0 spiro atoms. The molecule has 208 valence electrons. The summed E-state index contributed by atoms with van der Waals surface area (Å²) in [5.74, 6) is -1.59. The number of alkyl halides is 1. The summed E-state index contributed by atoms with van der Waals surface area (Å²) in [5.41, 5.74) is 0.110. The first-order valence-corrected chi connectivity index (χ1v) is 13.1. The highest BCUT2D eigenvalue weighted by Crippen LogP contribution is 2.25. The van der Waals surface area contributed by atoms with Crippen LogP contribution in [0.2, 0.25) is 5.02 Å². The van der Waals surface area contributed by atoms with Gasteiger partial charge in [-0.1, -0.05) is 72.3 Å². The summed E-state index contributed by atoms with van der Waals surface area (Å²) >= 11 is 6.41. The highest BCUT2D eigenvalue weighted by Gasteiger charge is 2.21. The van der Waals surface area contributed by atoms with Gasteiger partial charge in [-0.25, -0.2) is 13.6 Å². The summed E-state index contributed by atoms with van der Waals surface area (Å²) in [4.78, 5) is 38.5. The quantitative estimate of drug-likeness (QED) is 0.230. The van der Waals surface area contributed by atoms with E-state index >= 15 is 0 Å². The highest BCUT2D eigenvalue weighted by molar-refractivity contribution is 6.33. The molecule has 0 saturated carbocycles. The molecule has 10 heteroatoms. The van der Waals surface area contributed by atoms with Crippen LogP contribution in [0.1, 0.15) is 35.6 Å². The Morgan fingerprint density at radius 2 is 1.70 bits per heavy atom. The number of aliphatic carboxylic acids is 1. The summed E-state index contributed by atoms with van der Waals surface area (Å²) in [6.07, 6.45) is 1.63. The van der Waals surface area contributed by atoms with E-state index in [2.05, 4.69) is 5.32 Å². The Bertz CT molecular complexity index is 1610. The van der Waals surface area contributed by atoms with Gasteiger partial charge in [-0.15, -0.1) is 0 Å². The summed E-state index contributed by atoms with van der Waals surface area (Å²) in [7, 11) is 0. The minimum Gasteiger partial charge on any atom is -0.481 e. The molecule has 2 N–H and O–H groups in total. The molecule has 1 atom stereocenters. The van der Waals surface area contributed by atoms with E-state index in [-0.39, 0.29) is 41.2 Å². The Kier molecular flexibility index (Phi) is 9.63. The molecule has 0 radical (unpaired) electrons. The molecule has 1 heterocycles. The van der Waals surface area contributed by atoms with Crippen molar-refractivity contribution < 1.29 is 18.7 Å². The second-order valence-corrected chi connectivity index (χ2v) is 9.68. The molecule has 0 aliphatic heterocycles. The number of nitrogens with zero attached hydrogens (tertiary/aromatic N) is 2. The van der Waals surface area contributed by atoms with Crippen LogP contribution in [-0.4, -0.2) is 26.8 Å². The second kappa shape index (κ2) is 13.3. The lowest BCUT2D eigenvalue weighted by Gasteiger charge is -2.22. The number of halogens is 3. The van der Waals surface area contributed by atoms with Crippen molar-refractivity contribution in [1.29, 1.82) is 0 Å². The predicted molar refractivity (Wildman–Crippen MR) is 150 cm³/mol. The number of nitrogens with one attached hydrogen (secondary N) is 1. The largest absolute Gasteiger partial charge is 0.481 e. The van der Waals surface area contributed by atoms with Gasteiger partial charge in [-0.2, -0.15) is 0 Å². The van der Waals surface area contributed by atoms with E-state index in [1.54, 1.807) is 24.3 Å². The van der Waals surface area contributed by atoms with Gasteiger partial charge >= 0.3 is 11.7 Å². The molecule has 0 aliphatic rings. The molecule has 4 rings (SSSR count). The number of hydrogen-bond acceptors (Lipinski definition) is 4. The van der Waals surface area contributed by atoms with Crippen molar-refractivity contribution in [1.82, 2.24) is 14.5 Å². The fourth-order valence-corrected chi connectivity index (χ4v) is 4.78. The monoisotopic (exact) mass is 567 g/mol. The number of aromatic nitrogens is 2. The number of rotatable bonds is 12. The van der Waals surface area contributed by atoms with Gasteiger partial charge in [0.1, 0.15) is 12.5 Å². The lowest BCUT2D eigenvalue weighted by molar-refractivity contribution is -0.137. The zero-order chi connectivity index (χ0) is 28.6.